The summed E-state index contributed by atoms with van der Waals surface area (Å²) in [5, 5.41) is 12.9. The SMILES string of the molecule is NC(=O)CC[C@H](NC(=O)Nc1cccc(F)c1F)C(=O)O. The van der Waals surface area contributed by atoms with Crippen LogP contribution in [0.25, 0.3) is 0 Å². The van der Waals surface area contributed by atoms with Crippen LogP contribution in [-0.2, 0) is 9.59 Å². The highest BCUT2D eigenvalue weighted by Gasteiger charge is 2.21. The van der Waals surface area contributed by atoms with Crippen molar-refractivity contribution >= 4 is 23.6 Å². The number of amides is 3. The summed E-state index contributed by atoms with van der Waals surface area (Å²) in [5.74, 6) is -4.53. The number of carboxylic acids is 1. The van der Waals surface area contributed by atoms with Gasteiger partial charge in [0.2, 0.25) is 5.91 Å². The maximum atomic E-state index is 13.3. The summed E-state index contributed by atoms with van der Waals surface area (Å²) >= 11 is 0. The average Bonchev–Trinajstić information content (AvgIpc) is 2.39. The number of carbonyl (C=O) groups excluding carboxylic acids is 2. The third-order valence-electron chi connectivity index (χ3n) is 2.48. The molecule has 0 spiro atoms. The number of aliphatic carboxylic acids is 1. The molecule has 114 valence electrons. The Labute approximate surface area is 118 Å². The van der Waals surface area contributed by atoms with Gasteiger partial charge in [-0.3, -0.25) is 4.79 Å². The number of hydrogen-bond acceptors (Lipinski definition) is 3. The lowest BCUT2D eigenvalue weighted by molar-refractivity contribution is -0.139. The van der Waals surface area contributed by atoms with Crippen LogP contribution < -0.4 is 16.4 Å². The molecule has 0 fully saturated rings. The van der Waals surface area contributed by atoms with Gasteiger partial charge in [-0.15, -0.1) is 0 Å². The van der Waals surface area contributed by atoms with Crippen molar-refractivity contribution in [3.05, 3.63) is 29.8 Å². The molecule has 0 bridgehead atoms. The first-order valence-corrected chi connectivity index (χ1v) is 5.84. The minimum Gasteiger partial charge on any atom is -0.480 e. The van der Waals surface area contributed by atoms with Crippen molar-refractivity contribution < 1.29 is 28.3 Å². The number of benzene rings is 1. The number of carboxylic acid groups (broad SMARTS) is 1. The molecule has 5 N–H and O–H groups in total. The first kappa shape index (κ1) is 16.3. The van der Waals surface area contributed by atoms with Crippen LogP contribution in [0, 0.1) is 11.6 Å². The minimum atomic E-state index is -1.38. The molecule has 1 atom stereocenters. The summed E-state index contributed by atoms with van der Waals surface area (Å²) in [7, 11) is 0. The fourth-order valence-corrected chi connectivity index (χ4v) is 1.46. The van der Waals surface area contributed by atoms with E-state index in [9.17, 15) is 23.2 Å². The van der Waals surface area contributed by atoms with E-state index < -0.39 is 41.3 Å². The molecule has 21 heavy (non-hydrogen) atoms. The Morgan fingerprint density at radius 2 is 1.95 bits per heavy atom. The van der Waals surface area contributed by atoms with Crippen LogP contribution in [-0.4, -0.2) is 29.1 Å². The molecule has 1 aromatic rings. The molecule has 0 saturated heterocycles. The zero-order valence-electron chi connectivity index (χ0n) is 10.7. The Bertz CT molecular complexity index is 565. The van der Waals surface area contributed by atoms with Gasteiger partial charge in [-0.2, -0.15) is 0 Å². The largest absolute Gasteiger partial charge is 0.480 e. The standard InChI is InChI=1S/C12H13F2N3O4/c13-6-2-1-3-7(10(6)14)16-12(21)17-8(11(19)20)4-5-9(15)18/h1-3,8H,4-5H2,(H2,15,18)(H,19,20)(H2,16,17,21)/t8-/m0/s1. The Morgan fingerprint density at radius 3 is 2.52 bits per heavy atom. The van der Waals surface area contributed by atoms with Gasteiger partial charge in [0, 0.05) is 6.42 Å². The molecular weight excluding hydrogens is 288 g/mol. The van der Waals surface area contributed by atoms with Gasteiger partial charge in [-0.05, 0) is 18.6 Å². The summed E-state index contributed by atoms with van der Waals surface area (Å²) in [4.78, 5) is 33.0. The molecule has 0 aliphatic rings. The van der Waals surface area contributed by atoms with E-state index in [0.717, 1.165) is 12.1 Å². The van der Waals surface area contributed by atoms with Crippen molar-refractivity contribution in [1.29, 1.82) is 0 Å². The lowest BCUT2D eigenvalue weighted by Crippen LogP contribution is -2.43. The van der Waals surface area contributed by atoms with Crippen LogP contribution in [0.2, 0.25) is 0 Å². The lowest BCUT2D eigenvalue weighted by atomic mass is 10.1. The number of nitrogens with two attached hydrogens (primary N) is 1. The molecule has 0 aliphatic heterocycles. The first-order chi connectivity index (χ1) is 9.81. The second kappa shape index (κ2) is 7.17. The molecule has 0 unspecified atom stereocenters. The smallest absolute Gasteiger partial charge is 0.326 e. The van der Waals surface area contributed by atoms with Gasteiger partial charge in [0.05, 0.1) is 5.69 Å². The van der Waals surface area contributed by atoms with Gasteiger partial charge in [0.15, 0.2) is 11.6 Å². The van der Waals surface area contributed by atoms with E-state index in [2.05, 4.69) is 0 Å². The molecular formula is C12H13F2N3O4. The second-order valence-electron chi connectivity index (χ2n) is 4.10. The number of anilines is 1. The summed E-state index contributed by atoms with van der Waals surface area (Å²) in [6.45, 7) is 0. The summed E-state index contributed by atoms with van der Waals surface area (Å²) in [6, 6.07) is 0.726. The highest BCUT2D eigenvalue weighted by molar-refractivity contribution is 5.92. The number of nitrogens with one attached hydrogen (secondary N) is 2. The Morgan fingerprint density at radius 1 is 1.29 bits per heavy atom. The molecule has 0 aromatic heterocycles. The number of halogens is 2. The van der Waals surface area contributed by atoms with E-state index in [1.54, 1.807) is 0 Å². The van der Waals surface area contributed by atoms with Crippen molar-refractivity contribution in [1.82, 2.24) is 5.32 Å². The lowest BCUT2D eigenvalue weighted by Gasteiger charge is -2.14. The maximum Gasteiger partial charge on any atom is 0.326 e. The van der Waals surface area contributed by atoms with E-state index in [1.807, 2.05) is 10.6 Å². The summed E-state index contributed by atoms with van der Waals surface area (Å²) in [5.41, 5.74) is 4.44. The topological polar surface area (TPSA) is 122 Å². The Kier molecular flexibility index (Phi) is 5.58. The third kappa shape index (κ3) is 5.05. The van der Waals surface area contributed by atoms with Crippen LogP contribution in [0.15, 0.2) is 18.2 Å². The fourth-order valence-electron chi connectivity index (χ4n) is 1.46. The maximum absolute atomic E-state index is 13.3. The van der Waals surface area contributed by atoms with Crippen LogP contribution in [0.5, 0.6) is 0 Å². The van der Waals surface area contributed by atoms with Gasteiger partial charge in [0.25, 0.3) is 0 Å². The molecule has 9 heteroatoms. The fraction of sp³-hybridized carbons (Fsp3) is 0.250. The Hall–Kier alpha value is -2.71. The number of carbonyl (C=O) groups is 3. The first-order valence-electron chi connectivity index (χ1n) is 5.84. The van der Waals surface area contributed by atoms with Gasteiger partial charge < -0.3 is 21.5 Å². The van der Waals surface area contributed by atoms with Crippen molar-refractivity contribution in [3.8, 4) is 0 Å². The van der Waals surface area contributed by atoms with Crippen LogP contribution >= 0.6 is 0 Å². The van der Waals surface area contributed by atoms with Crippen LogP contribution in [0.4, 0.5) is 19.3 Å². The van der Waals surface area contributed by atoms with Gasteiger partial charge in [-0.25, -0.2) is 18.4 Å². The van der Waals surface area contributed by atoms with E-state index >= 15 is 0 Å². The van der Waals surface area contributed by atoms with E-state index in [-0.39, 0.29) is 12.8 Å². The molecule has 0 heterocycles. The van der Waals surface area contributed by atoms with E-state index in [1.165, 1.54) is 6.07 Å². The third-order valence-corrected chi connectivity index (χ3v) is 2.48. The molecule has 1 aromatic carbocycles. The van der Waals surface area contributed by atoms with E-state index in [0.29, 0.717) is 0 Å². The summed E-state index contributed by atoms with van der Waals surface area (Å²) in [6.07, 6.45) is -0.463. The monoisotopic (exact) mass is 301 g/mol. The van der Waals surface area contributed by atoms with Gasteiger partial charge in [0.1, 0.15) is 6.04 Å². The van der Waals surface area contributed by atoms with Crippen molar-refractivity contribution in [3.63, 3.8) is 0 Å². The quantitative estimate of drug-likeness (QED) is 0.621. The molecule has 0 aliphatic carbocycles. The predicted molar refractivity (Wildman–Crippen MR) is 68.4 cm³/mol. The van der Waals surface area contributed by atoms with Crippen LogP contribution in [0.3, 0.4) is 0 Å². The molecule has 7 nitrogen and oxygen atoms in total. The highest BCUT2D eigenvalue weighted by Crippen LogP contribution is 2.16. The summed E-state index contributed by atoms with van der Waals surface area (Å²) < 4.78 is 26.3. The Balaban J connectivity index is 2.67. The number of primary amides is 1. The molecule has 1 rings (SSSR count). The van der Waals surface area contributed by atoms with Crippen molar-refractivity contribution in [2.45, 2.75) is 18.9 Å². The average molecular weight is 301 g/mol. The zero-order chi connectivity index (χ0) is 16.0. The second-order valence-corrected chi connectivity index (χ2v) is 4.10. The highest BCUT2D eigenvalue weighted by atomic mass is 19.2. The normalized spacial score (nSPS) is 11.5. The van der Waals surface area contributed by atoms with Crippen molar-refractivity contribution in [2.75, 3.05) is 5.32 Å². The molecule has 0 radical (unpaired) electrons. The number of urea groups is 1. The van der Waals surface area contributed by atoms with Gasteiger partial charge >= 0.3 is 12.0 Å². The zero-order valence-corrected chi connectivity index (χ0v) is 10.7. The number of rotatable bonds is 6. The van der Waals surface area contributed by atoms with Crippen LogP contribution in [0.1, 0.15) is 12.8 Å². The van der Waals surface area contributed by atoms with Gasteiger partial charge in [-0.1, -0.05) is 6.07 Å². The number of hydrogen-bond donors (Lipinski definition) is 4. The van der Waals surface area contributed by atoms with Crippen molar-refractivity contribution in [2.24, 2.45) is 5.73 Å². The molecule has 0 saturated carbocycles. The molecule has 3 amide bonds. The predicted octanol–water partition coefficient (Wildman–Crippen LogP) is 0.805. The van der Waals surface area contributed by atoms with E-state index in [4.69, 9.17) is 10.8 Å². The minimum absolute atomic E-state index is 0.219.